The Labute approximate surface area is 130 Å². The van der Waals surface area contributed by atoms with Crippen LogP contribution in [0.3, 0.4) is 0 Å². The molecule has 0 amide bonds. The number of pyridine rings is 1. The van der Waals surface area contributed by atoms with Gasteiger partial charge in [-0.05, 0) is 35.7 Å². The fourth-order valence-electron chi connectivity index (χ4n) is 3.51. The minimum Gasteiger partial charge on any atom is -0.315 e. The van der Waals surface area contributed by atoms with Crippen LogP contribution in [0.2, 0.25) is 0 Å². The van der Waals surface area contributed by atoms with Crippen LogP contribution in [0.1, 0.15) is 23.2 Å². The van der Waals surface area contributed by atoms with Crippen molar-refractivity contribution in [3.8, 4) is 11.1 Å². The van der Waals surface area contributed by atoms with Crippen LogP contribution in [0.5, 0.6) is 0 Å². The minimum absolute atomic E-state index is 0.0559. The van der Waals surface area contributed by atoms with Crippen molar-refractivity contribution in [1.29, 1.82) is 0 Å². The summed E-state index contributed by atoms with van der Waals surface area (Å²) in [5, 5.41) is 3.46. The van der Waals surface area contributed by atoms with E-state index in [2.05, 4.69) is 58.3 Å². The van der Waals surface area contributed by atoms with Gasteiger partial charge in [0.2, 0.25) is 0 Å². The molecule has 1 saturated heterocycles. The summed E-state index contributed by atoms with van der Waals surface area (Å²) in [4.78, 5) is 8.78. The van der Waals surface area contributed by atoms with Gasteiger partial charge in [-0.25, -0.2) is 0 Å². The Morgan fingerprint density at radius 2 is 2.23 bits per heavy atom. The fraction of sp³-hybridized carbons (Fsp3) is 0.263. The summed E-state index contributed by atoms with van der Waals surface area (Å²) < 4.78 is 0. The third-order valence-electron chi connectivity index (χ3n) is 4.86. The Kier molecular flexibility index (Phi) is 3.16. The average Bonchev–Trinajstić information content (AvgIpc) is 3.24. The maximum absolute atomic E-state index is 4.42. The molecule has 1 aromatic heterocycles. The zero-order valence-electron chi connectivity index (χ0n) is 12.5. The molecule has 22 heavy (non-hydrogen) atoms. The molecule has 3 nitrogen and oxygen atoms in total. The van der Waals surface area contributed by atoms with Crippen LogP contribution in [0.25, 0.3) is 11.1 Å². The number of hydrogen-bond acceptors (Lipinski definition) is 3. The Bertz CT molecular complexity index is 755. The van der Waals surface area contributed by atoms with E-state index in [1.165, 1.54) is 16.7 Å². The molecule has 110 valence electrons. The number of hydrogen-bond donors (Lipinski definition) is 1. The van der Waals surface area contributed by atoms with Crippen molar-refractivity contribution >= 4 is 6.21 Å². The summed E-state index contributed by atoms with van der Waals surface area (Å²) in [6, 6.07) is 10.9. The molecule has 1 atom stereocenters. The van der Waals surface area contributed by atoms with Gasteiger partial charge in [-0.15, -0.1) is 6.58 Å². The number of aliphatic imine (C=N–C) groups is 1. The molecule has 1 fully saturated rings. The van der Waals surface area contributed by atoms with E-state index < -0.39 is 0 Å². The molecule has 2 aliphatic rings. The third-order valence-corrected chi connectivity index (χ3v) is 4.86. The van der Waals surface area contributed by atoms with Gasteiger partial charge >= 0.3 is 0 Å². The average molecular weight is 289 g/mol. The number of aromatic nitrogens is 1. The Balaban J connectivity index is 1.82. The number of rotatable bonds is 3. The predicted octanol–water partition coefficient (Wildman–Crippen LogP) is 3.10. The third kappa shape index (κ3) is 2.01. The summed E-state index contributed by atoms with van der Waals surface area (Å²) in [7, 11) is 0. The largest absolute Gasteiger partial charge is 0.315 e. The first kappa shape index (κ1) is 13.4. The van der Waals surface area contributed by atoms with Crippen molar-refractivity contribution in [2.45, 2.75) is 18.4 Å². The van der Waals surface area contributed by atoms with Crippen molar-refractivity contribution in [1.82, 2.24) is 10.3 Å². The van der Waals surface area contributed by atoms with E-state index in [0.29, 0.717) is 6.54 Å². The summed E-state index contributed by atoms with van der Waals surface area (Å²) >= 11 is 0. The quantitative estimate of drug-likeness (QED) is 0.882. The number of nitrogens with one attached hydrogen (secondary N) is 1. The minimum atomic E-state index is 0.0559. The van der Waals surface area contributed by atoms with Gasteiger partial charge in [0.1, 0.15) is 0 Å². The molecular formula is C19H19N3. The van der Waals surface area contributed by atoms with E-state index in [-0.39, 0.29) is 5.41 Å². The lowest BCUT2D eigenvalue weighted by Crippen LogP contribution is -2.26. The lowest BCUT2D eigenvalue weighted by Gasteiger charge is -2.25. The second-order valence-electron chi connectivity index (χ2n) is 6.06. The van der Waals surface area contributed by atoms with Crippen molar-refractivity contribution in [2.24, 2.45) is 4.99 Å². The van der Waals surface area contributed by atoms with Gasteiger partial charge in [0.15, 0.2) is 0 Å². The zero-order chi connectivity index (χ0) is 15.0. The zero-order valence-corrected chi connectivity index (χ0v) is 12.5. The van der Waals surface area contributed by atoms with Crippen LogP contribution < -0.4 is 5.32 Å². The second-order valence-corrected chi connectivity index (χ2v) is 6.06. The van der Waals surface area contributed by atoms with Crippen LogP contribution in [-0.2, 0) is 12.0 Å². The van der Waals surface area contributed by atoms with Gasteiger partial charge in [0.05, 0.1) is 12.2 Å². The van der Waals surface area contributed by atoms with Gasteiger partial charge in [0.25, 0.3) is 0 Å². The molecule has 1 N–H and O–H groups in total. The standard InChI is InChI=1S/C19H19N3/c1-2-19(7-9-20-13-19)15-5-3-4-14(10-15)16-6-8-22-18-12-21-11-17(16)18/h2-6,8,10-11,20H,1,7,9,12-13H2. The lowest BCUT2D eigenvalue weighted by molar-refractivity contribution is 0.596. The summed E-state index contributed by atoms with van der Waals surface area (Å²) in [6.07, 6.45) is 7.04. The molecule has 0 radical (unpaired) electrons. The van der Waals surface area contributed by atoms with Gasteiger partial charge in [0, 0.05) is 29.9 Å². The van der Waals surface area contributed by atoms with Gasteiger partial charge < -0.3 is 5.32 Å². The Morgan fingerprint density at radius 3 is 3.05 bits per heavy atom. The monoisotopic (exact) mass is 289 g/mol. The predicted molar refractivity (Wildman–Crippen MR) is 90.3 cm³/mol. The molecule has 3 heterocycles. The van der Waals surface area contributed by atoms with Crippen LogP contribution in [0.4, 0.5) is 0 Å². The molecule has 3 heteroatoms. The maximum Gasteiger partial charge on any atom is 0.0818 e. The number of fused-ring (bicyclic) bond motifs is 1. The van der Waals surface area contributed by atoms with Crippen LogP contribution in [0.15, 0.2) is 54.2 Å². The molecule has 4 rings (SSSR count). The highest BCUT2D eigenvalue weighted by Gasteiger charge is 2.32. The highest BCUT2D eigenvalue weighted by molar-refractivity contribution is 5.93. The van der Waals surface area contributed by atoms with Crippen LogP contribution in [0, 0.1) is 0 Å². The molecule has 2 aromatic rings. The van der Waals surface area contributed by atoms with Crippen LogP contribution >= 0.6 is 0 Å². The summed E-state index contributed by atoms with van der Waals surface area (Å²) in [5.41, 5.74) is 6.09. The van der Waals surface area contributed by atoms with Crippen molar-refractivity contribution in [2.75, 3.05) is 13.1 Å². The lowest BCUT2D eigenvalue weighted by atomic mass is 9.79. The Hall–Kier alpha value is -2.26. The van der Waals surface area contributed by atoms with Crippen molar-refractivity contribution in [3.05, 3.63) is 66.0 Å². The molecule has 0 spiro atoms. The number of benzene rings is 1. The van der Waals surface area contributed by atoms with Gasteiger partial charge in [-0.3, -0.25) is 9.98 Å². The molecular weight excluding hydrogens is 270 g/mol. The van der Waals surface area contributed by atoms with E-state index in [9.17, 15) is 0 Å². The molecule has 2 aliphatic heterocycles. The normalized spacial score (nSPS) is 22.7. The van der Waals surface area contributed by atoms with E-state index in [0.717, 1.165) is 30.8 Å². The van der Waals surface area contributed by atoms with E-state index in [4.69, 9.17) is 0 Å². The van der Waals surface area contributed by atoms with Crippen molar-refractivity contribution < 1.29 is 0 Å². The van der Waals surface area contributed by atoms with E-state index in [1.807, 2.05) is 12.4 Å². The first-order valence-electron chi connectivity index (χ1n) is 7.75. The smallest absolute Gasteiger partial charge is 0.0818 e. The summed E-state index contributed by atoms with van der Waals surface area (Å²) in [5.74, 6) is 0. The molecule has 1 unspecified atom stereocenters. The van der Waals surface area contributed by atoms with E-state index in [1.54, 1.807) is 0 Å². The molecule has 0 bridgehead atoms. The maximum atomic E-state index is 4.42. The van der Waals surface area contributed by atoms with E-state index >= 15 is 0 Å². The topological polar surface area (TPSA) is 37.3 Å². The second kappa shape index (κ2) is 5.18. The fourth-order valence-corrected chi connectivity index (χ4v) is 3.51. The molecule has 0 aliphatic carbocycles. The number of nitrogens with zero attached hydrogens (tertiary/aromatic N) is 2. The van der Waals surface area contributed by atoms with Gasteiger partial charge in [-0.2, -0.15) is 0 Å². The SMILES string of the molecule is C=CC1(c2cccc(-c3ccnc4c3C=NC4)c2)CCNC1. The Morgan fingerprint density at radius 1 is 1.27 bits per heavy atom. The van der Waals surface area contributed by atoms with Crippen molar-refractivity contribution in [3.63, 3.8) is 0 Å². The van der Waals surface area contributed by atoms with Gasteiger partial charge in [-0.1, -0.05) is 30.3 Å². The summed E-state index contributed by atoms with van der Waals surface area (Å²) in [6.45, 7) is 6.80. The first-order chi connectivity index (χ1) is 10.8. The highest BCUT2D eigenvalue weighted by atomic mass is 14.9. The van der Waals surface area contributed by atoms with Crippen LogP contribution in [-0.4, -0.2) is 24.3 Å². The molecule has 1 aromatic carbocycles. The first-order valence-corrected chi connectivity index (χ1v) is 7.75. The highest BCUT2D eigenvalue weighted by Crippen LogP contribution is 2.35. The molecule has 0 saturated carbocycles.